The fourth-order valence-corrected chi connectivity index (χ4v) is 3.37. The Bertz CT molecular complexity index is 714. The lowest BCUT2D eigenvalue weighted by Crippen LogP contribution is -2.74. The number of nitrogens with zero attached hydrogens (tertiary/aromatic N) is 1. The molecule has 0 spiro atoms. The summed E-state index contributed by atoms with van der Waals surface area (Å²) in [5.74, 6) is 0.468. The van der Waals surface area contributed by atoms with Crippen LogP contribution in [0, 0.1) is 0 Å². The Morgan fingerprint density at radius 1 is 1.08 bits per heavy atom. The van der Waals surface area contributed by atoms with Crippen molar-refractivity contribution in [1.29, 1.82) is 0 Å². The van der Waals surface area contributed by atoms with Crippen molar-refractivity contribution in [2.24, 2.45) is 0 Å². The van der Waals surface area contributed by atoms with Gasteiger partial charge in [-0.05, 0) is 36.8 Å². The number of carbonyl (C=O) groups excluding carboxylic acids is 1. The molecule has 1 unspecified atom stereocenters. The number of benzene rings is 2. The summed E-state index contributed by atoms with van der Waals surface area (Å²) in [5.41, 5.74) is 0.375. The van der Waals surface area contributed by atoms with Gasteiger partial charge in [-0.3, -0.25) is 9.69 Å². The molecular formula is C19H21NO4. The minimum Gasteiger partial charge on any atom is -0.497 e. The molecule has 2 aromatic carbocycles. The minimum atomic E-state index is -1.28. The van der Waals surface area contributed by atoms with Crippen LogP contribution in [0.3, 0.4) is 0 Å². The number of β-lactam (4-membered cyclic amide) rings is 1. The standard InChI is InChI=1S/C19H21NO4/c1-13(21)19(24-3)17(14-7-5-4-6-8-14)20(18(19)22)15-9-11-16(23-2)12-10-15/h4-13,17,21H,1-3H3/t13-,17?,19-/m0/s1. The molecule has 1 heterocycles. The topological polar surface area (TPSA) is 59.0 Å². The first-order valence-electron chi connectivity index (χ1n) is 7.82. The fraction of sp³-hybridized carbons (Fsp3) is 0.316. The van der Waals surface area contributed by atoms with Crippen molar-refractivity contribution in [2.45, 2.75) is 24.7 Å². The molecule has 5 heteroatoms. The third-order valence-electron chi connectivity index (χ3n) is 4.64. The lowest BCUT2D eigenvalue weighted by atomic mass is 9.74. The van der Waals surface area contributed by atoms with Crippen LogP contribution in [0.1, 0.15) is 18.5 Å². The zero-order valence-electron chi connectivity index (χ0n) is 14.0. The molecule has 24 heavy (non-hydrogen) atoms. The maximum atomic E-state index is 12.9. The van der Waals surface area contributed by atoms with Gasteiger partial charge in [0.05, 0.1) is 13.2 Å². The Morgan fingerprint density at radius 3 is 2.21 bits per heavy atom. The summed E-state index contributed by atoms with van der Waals surface area (Å²) < 4.78 is 10.7. The average molecular weight is 327 g/mol. The van der Waals surface area contributed by atoms with Crippen LogP contribution in [0.2, 0.25) is 0 Å². The highest BCUT2D eigenvalue weighted by Gasteiger charge is 2.65. The predicted octanol–water partition coefficient (Wildman–Crippen LogP) is 2.55. The smallest absolute Gasteiger partial charge is 0.265 e. The van der Waals surface area contributed by atoms with E-state index in [0.29, 0.717) is 0 Å². The number of ether oxygens (including phenoxy) is 2. The zero-order valence-corrected chi connectivity index (χ0v) is 14.0. The summed E-state index contributed by atoms with van der Waals surface area (Å²) in [7, 11) is 3.06. The normalized spacial score (nSPS) is 24.4. The second-order valence-electron chi connectivity index (χ2n) is 5.86. The summed E-state index contributed by atoms with van der Waals surface area (Å²) in [6.45, 7) is 1.59. The van der Waals surface area contributed by atoms with Crippen LogP contribution in [0.15, 0.2) is 54.6 Å². The molecule has 1 amide bonds. The Labute approximate surface area is 141 Å². The predicted molar refractivity (Wildman–Crippen MR) is 91.1 cm³/mol. The summed E-state index contributed by atoms with van der Waals surface area (Å²) in [6, 6.07) is 16.5. The van der Waals surface area contributed by atoms with E-state index in [1.54, 1.807) is 31.1 Å². The summed E-state index contributed by atoms with van der Waals surface area (Å²) in [6.07, 6.45) is -0.935. The highest BCUT2D eigenvalue weighted by Crippen LogP contribution is 2.50. The molecular weight excluding hydrogens is 306 g/mol. The van der Waals surface area contributed by atoms with Crippen LogP contribution in [0.5, 0.6) is 5.75 Å². The van der Waals surface area contributed by atoms with Gasteiger partial charge in [-0.25, -0.2) is 0 Å². The molecule has 2 aromatic rings. The van der Waals surface area contributed by atoms with Gasteiger partial charge in [0, 0.05) is 12.8 Å². The van der Waals surface area contributed by atoms with Crippen molar-refractivity contribution in [2.75, 3.05) is 19.1 Å². The van der Waals surface area contributed by atoms with Gasteiger partial charge in [-0.2, -0.15) is 0 Å². The molecule has 0 saturated carbocycles. The molecule has 1 saturated heterocycles. The van der Waals surface area contributed by atoms with E-state index < -0.39 is 17.7 Å². The van der Waals surface area contributed by atoms with Crippen molar-refractivity contribution in [3.05, 3.63) is 60.2 Å². The number of aliphatic hydroxyl groups excluding tert-OH is 1. The van der Waals surface area contributed by atoms with E-state index in [4.69, 9.17) is 9.47 Å². The molecule has 1 N–H and O–H groups in total. The molecule has 1 aliphatic heterocycles. The zero-order chi connectivity index (χ0) is 17.3. The van der Waals surface area contributed by atoms with Gasteiger partial charge in [0.15, 0.2) is 5.60 Å². The number of hydrogen-bond acceptors (Lipinski definition) is 4. The molecule has 1 aliphatic rings. The minimum absolute atomic E-state index is 0.251. The Morgan fingerprint density at radius 2 is 1.71 bits per heavy atom. The lowest BCUT2D eigenvalue weighted by molar-refractivity contribution is -0.179. The van der Waals surface area contributed by atoms with Gasteiger partial charge in [0.2, 0.25) is 0 Å². The van der Waals surface area contributed by atoms with Crippen LogP contribution in [0.25, 0.3) is 0 Å². The highest BCUT2D eigenvalue weighted by molar-refractivity contribution is 6.09. The average Bonchev–Trinajstić information content (AvgIpc) is 2.61. The fourth-order valence-electron chi connectivity index (χ4n) is 3.37. The maximum Gasteiger partial charge on any atom is 0.265 e. The Kier molecular flexibility index (Phi) is 4.30. The second kappa shape index (κ2) is 6.26. The van der Waals surface area contributed by atoms with Gasteiger partial charge in [0.1, 0.15) is 11.8 Å². The lowest BCUT2D eigenvalue weighted by Gasteiger charge is -2.56. The molecule has 126 valence electrons. The van der Waals surface area contributed by atoms with Gasteiger partial charge in [0.25, 0.3) is 5.91 Å². The van der Waals surface area contributed by atoms with Crippen molar-refractivity contribution < 1.29 is 19.4 Å². The van der Waals surface area contributed by atoms with Crippen LogP contribution in [0.4, 0.5) is 5.69 Å². The van der Waals surface area contributed by atoms with Gasteiger partial charge in [-0.1, -0.05) is 30.3 Å². The first kappa shape index (κ1) is 16.5. The highest BCUT2D eigenvalue weighted by atomic mass is 16.5. The number of aliphatic hydroxyl groups is 1. The van der Waals surface area contributed by atoms with E-state index in [9.17, 15) is 9.90 Å². The third-order valence-corrected chi connectivity index (χ3v) is 4.64. The van der Waals surface area contributed by atoms with E-state index in [1.807, 2.05) is 42.5 Å². The van der Waals surface area contributed by atoms with E-state index in [-0.39, 0.29) is 5.91 Å². The molecule has 3 rings (SSSR count). The number of carbonyl (C=O) groups is 1. The van der Waals surface area contributed by atoms with E-state index in [1.165, 1.54) is 7.11 Å². The summed E-state index contributed by atoms with van der Waals surface area (Å²) in [4.78, 5) is 14.6. The number of rotatable bonds is 5. The second-order valence-corrected chi connectivity index (χ2v) is 5.86. The van der Waals surface area contributed by atoms with E-state index in [0.717, 1.165) is 17.0 Å². The van der Waals surface area contributed by atoms with Crippen LogP contribution >= 0.6 is 0 Å². The largest absolute Gasteiger partial charge is 0.497 e. The van der Waals surface area contributed by atoms with Crippen molar-refractivity contribution in [1.82, 2.24) is 0 Å². The first-order chi connectivity index (χ1) is 11.6. The quantitative estimate of drug-likeness (QED) is 0.858. The van der Waals surface area contributed by atoms with Gasteiger partial charge < -0.3 is 14.6 Å². The Balaban J connectivity index is 2.06. The molecule has 5 nitrogen and oxygen atoms in total. The summed E-state index contributed by atoms with van der Waals surface area (Å²) >= 11 is 0. The van der Waals surface area contributed by atoms with Crippen LogP contribution in [-0.4, -0.2) is 36.9 Å². The number of methoxy groups -OCH3 is 2. The molecule has 0 radical (unpaired) electrons. The third kappa shape index (κ3) is 2.28. The Hall–Kier alpha value is -2.37. The van der Waals surface area contributed by atoms with Crippen molar-refractivity contribution >= 4 is 11.6 Å². The van der Waals surface area contributed by atoms with Gasteiger partial charge in [-0.15, -0.1) is 0 Å². The molecule has 0 bridgehead atoms. The van der Waals surface area contributed by atoms with Crippen LogP contribution in [-0.2, 0) is 9.53 Å². The van der Waals surface area contributed by atoms with E-state index in [2.05, 4.69) is 0 Å². The SMILES string of the molecule is COc1ccc(N2C(=O)[C@](OC)([C@H](C)O)C2c2ccccc2)cc1. The first-order valence-corrected chi connectivity index (χ1v) is 7.82. The molecule has 0 aliphatic carbocycles. The molecule has 3 atom stereocenters. The maximum absolute atomic E-state index is 12.9. The van der Waals surface area contributed by atoms with Crippen LogP contribution < -0.4 is 9.64 Å². The summed E-state index contributed by atoms with van der Waals surface area (Å²) in [5, 5.41) is 10.3. The monoisotopic (exact) mass is 327 g/mol. The van der Waals surface area contributed by atoms with Gasteiger partial charge >= 0.3 is 0 Å². The van der Waals surface area contributed by atoms with E-state index >= 15 is 0 Å². The number of amides is 1. The number of hydrogen-bond donors (Lipinski definition) is 1. The van der Waals surface area contributed by atoms with Crippen molar-refractivity contribution in [3.8, 4) is 5.75 Å². The number of anilines is 1. The molecule has 0 aromatic heterocycles. The molecule has 1 fully saturated rings. The van der Waals surface area contributed by atoms with Crippen molar-refractivity contribution in [3.63, 3.8) is 0 Å².